The van der Waals surface area contributed by atoms with Crippen molar-refractivity contribution in [1.82, 2.24) is 19.4 Å². The lowest BCUT2D eigenvalue weighted by Gasteiger charge is -2.28. The van der Waals surface area contributed by atoms with Crippen LogP contribution in [-0.2, 0) is 19.6 Å². The molecule has 0 fully saturated rings. The van der Waals surface area contributed by atoms with Crippen molar-refractivity contribution >= 4 is 50.3 Å². The fourth-order valence-electron chi connectivity index (χ4n) is 5.26. The van der Waals surface area contributed by atoms with Crippen LogP contribution in [-0.4, -0.2) is 38.5 Å². The molecule has 0 unspecified atom stereocenters. The summed E-state index contributed by atoms with van der Waals surface area (Å²) >= 11 is 9.61. The molecule has 0 atom stereocenters. The van der Waals surface area contributed by atoms with Crippen LogP contribution in [0.2, 0.25) is 5.02 Å². The molecule has 2 aromatic heterocycles. The van der Waals surface area contributed by atoms with Crippen LogP contribution in [0.4, 0.5) is 0 Å². The van der Waals surface area contributed by atoms with Gasteiger partial charge in [0.05, 0.1) is 35.3 Å². The first-order chi connectivity index (χ1) is 20.7. The van der Waals surface area contributed by atoms with E-state index in [1.54, 1.807) is 58.2 Å². The maximum Gasteiger partial charge on any atom is 0.333 e. The number of rotatable bonds is 7. The van der Waals surface area contributed by atoms with Crippen molar-refractivity contribution in [3.05, 3.63) is 115 Å². The van der Waals surface area contributed by atoms with Crippen LogP contribution in [0.15, 0.2) is 86.7 Å². The first kappa shape index (κ1) is 28.8. The van der Waals surface area contributed by atoms with Gasteiger partial charge in [-0.1, -0.05) is 17.7 Å². The van der Waals surface area contributed by atoms with Crippen molar-refractivity contribution in [2.45, 2.75) is 39.6 Å². The number of carbonyl (C=O) groups excluding carboxylic acids is 2. The van der Waals surface area contributed by atoms with E-state index < -0.39 is 5.91 Å². The van der Waals surface area contributed by atoms with Gasteiger partial charge in [-0.05, 0) is 96.0 Å². The quantitative estimate of drug-likeness (QED) is 0.225. The lowest BCUT2D eigenvalue weighted by molar-refractivity contribution is 0.0706. The number of hydrogen-bond acceptors (Lipinski definition) is 5. The maximum absolute atomic E-state index is 13.9. The lowest BCUT2D eigenvalue weighted by Crippen LogP contribution is -2.41. The van der Waals surface area contributed by atoms with Gasteiger partial charge in [-0.25, -0.2) is 4.79 Å². The Morgan fingerprint density at radius 3 is 2.58 bits per heavy atom. The van der Waals surface area contributed by atoms with Crippen LogP contribution in [0, 0.1) is 0 Å². The highest BCUT2D eigenvalue weighted by atomic mass is 79.9. The number of carbonyl (C=O) groups is 2. The minimum atomic E-state index is -0.429. The number of nitrogens with one attached hydrogen (secondary N) is 1. The van der Waals surface area contributed by atoms with Gasteiger partial charge in [-0.2, -0.15) is 0 Å². The van der Waals surface area contributed by atoms with E-state index in [1.807, 2.05) is 38.1 Å². The molecule has 1 aliphatic rings. The van der Waals surface area contributed by atoms with Gasteiger partial charge in [0.25, 0.3) is 11.8 Å². The van der Waals surface area contributed by atoms with Gasteiger partial charge in [-0.3, -0.25) is 18.7 Å². The SMILES string of the molecule is CC(C)Oc1ccc(-n2c(C(=O)NCc3ccc4occc4c3)c3n(c2=O)CCN(C(=O)c2ccc(Br)c(Cl)c2)C3)cc1. The summed E-state index contributed by atoms with van der Waals surface area (Å²) in [6.07, 6.45) is 1.61. The van der Waals surface area contributed by atoms with Crippen LogP contribution < -0.4 is 15.7 Å². The standard InChI is InChI=1S/C32H28BrClN4O5/c1-19(2)43-24-7-5-23(6-8-24)38-29(30(39)35-17-20-3-10-28-21(15-20)11-14-42-28)27-18-36(12-13-37(27)32(38)41)31(40)22-4-9-25(33)26(34)16-22/h3-11,14-16,19H,12-13,17-18H2,1-2H3,(H,35,39). The van der Waals surface area contributed by atoms with Gasteiger partial charge >= 0.3 is 5.69 Å². The second kappa shape index (κ2) is 11.8. The van der Waals surface area contributed by atoms with E-state index in [-0.39, 0.29) is 43.0 Å². The Balaban J connectivity index is 1.36. The van der Waals surface area contributed by atoms with Crippen molar-refractivity contribution in [1.29, 1.82) is 0 Å². The molecule has 220 valence electrons. The molecule has 1 aliphatic heterocycles. The van der Waals surface area contributed by atoms with Crippen molar-refractivity contribution in [3.63, 3.8) is 0 Å². The third-order valence-corrected chi connectivity index (χ3v) is 8.52. The van der Waals surface area contributed by atoms with Crippen molar-refractivity contribution in [2.75, 3.05) is 6.54 Å². The number of fused-ring (bicyclic) bond motifs is 2. The summed E-state index contributed by atoms with van der Waals surface area (Å²) in [4.78, 5) is 42.8. The fraction of sp³-hybridized carbons (Fsp3) is 0.219. The summed E-state index contributed by atoms with van der Waals surface area (Å²) in [7, 11) is 0. The van der Waals surface area contributed by atoms with Gasteiger partial charge in [-0.15, -0.1) is 0 Å². The van der Waals surface area contributed by atoms with E-state index >= 15 is 0 Å². The van der Waals surface area contributed by atoms with E-state index in [1.165, 1.54) is 4.57 Å². The van der Waals surface area contributed by atoms with E-state index in [9.17, 15) is 14.4 Å². The minimum absolute atomic E-state index is 0.0119. The molecule has 11 heteroatoms. The molecule has 5 aromatic rings. The molecule has 43 heavy (non-hydrogen) atoms. The number of imidazole rings is 1. The second-order valence-corrected chi connectivity index (χ2v) is 11.8. The highest BCUT2D eigenvalue weighted by Gasteiger charge is 2.32. The van der Waals surface area contributed by atoms with Crippen molar-refractivity contribution in [3.8, 4) is 11.4 Å². The van der Waals surface area contributed by atoms with Gasteiger partial charge in [0.15, 0.2) is 0 Å². The second-order valence-electron chi connectivity index (χ2n) is 10.6. The number of ether oxygens (including phenoxy) is 1. The molecular weight excluding hydrogens is 636 g/mol. The molecule has 9 nitrogen and oxygen atoms in total. The van der Waals surface area contributed by atoms with Crippen LogP contribution >= 0.6 is 27.5 Å². The predicted octanol–water partition coefficient (Wildman–Crippen LogP) is 6.17. The highest BCUT2D eigenvalue weighted by molar-refractivity contribution is 9.10. The summed E-state index contributed by atoms with van der Waals surface area (Å²) in [5, 5.41) is 4.33. The zero-order valence-electron chi connectivity index (χ0n) is 23.5. The Morgan fingerprint density at radius 1 is 1.05 bits per heavy atom. The van der Waals surface area contributed by atoms with Gasteiger partial charge in [0.2, 0.25) is 0 Å². The molecule has 2 amide bonds. The largest absolute Gasteiger partial charge is 0.491 e. The van der Waals surface area contributed by atoms with E-state index in [0.717, 1.165) is 16.5 Å². The van der Waals surface area contributed by atoms with Crippen LogP contribution in [0.25, 0.3) is 16.7 Å². The molecule has 3 aromatic carbocycles. The molecule has 1 N–H and O–H groups in total. The molecule has 0 spiro atoms. The summed E-state index contributed by atoms with van der Waals surface area (Å²) in [5.41, 5.74) is 2.86. The number of benzene rings is 3. The Bertz CT molecular complexity index is 1910. The third-order valence-electron chi connectivity index (χ3n) is 7.28. The number of aromatic nitrogens is 2. The summed E-state index contributed by atoms with van der Waals surface area (Å²) < 4.78 is 14.9. The number of hydrogen-bond donors (Lipinski definition) is 1. The number of halogens is 2. The Kier molecular flexibility index (Phi) is 7.89. The molecule has 0 saturated heterocycles. The van der Waals surface area contributed by atoms with Crippen molar-refractivity contribution in [2.24, 2.45) is 0 Å². The number of nitrogens with zero attached hydrogens (tertiary/aromatic N) is 3. The van der Waals surface area contributed by atoms with Crippen LogP contribution in [0.5, 0.6) is 5.75 Å². The summed E-state index contributed by atoms with van der Waals surface area (Å²) in [6, 6.07) is 19.6. The molecule has 0 saturated carbocycles. The first-order valence-corrected chi connectivity index (χ1v) is 15.0. The fourth-order valence-corrected chi connectivity index (χ4v) is 5.68. The average molecular weight is 664 g/mol. The minimum Gasteiger partial charge on any atom is -0.491 e. The van der Waals surface area contributed by atoms with Gasteiger partial charge in [0.1, 0.15) is 17.0 Å². The van der Waals surface area contributed by atoms with E-state index in [2.05, 4.69) is 21.2 Å². The van der Waals surface area contributed by atoms with E-state index in [0.29, 0.717) is 38.7 Å². The van der Waals surface area contributed by atoms with Gasteiger partial charge in [0, 0.05) is 35.1 Å². The molecule has 6 rings (SSSR count). The Labute approximate surface area is 260 Å². The molecule has 0 bridgehead atoms. The topological polar surface area (TPSA) is 98.7 Å². The normalized spacial score (nSPS) is 12.9. The van der Waals surface area contributed by atoms with Crippen LogP contribution in [0.1, 0.15) is 46.0 Å². The Morgan fingerprint density at radius 2 is 1.84 bits per heavy atom. The monoisotopic (exact) mass is 662 g/mol. The molecular formula is C32H28BrClN4O5. The summed E-state index contributed by atoms with van der Waals surface area (Å²) in [6.45, 7) is 4.72. The lowest BCUT2D eigenvalue weighted by atomic mass is 10.1. The number of amides is 2. The van der Waals surface area contributed by atoms with Crippen molar-refractivity contribution < 1.29 is 18.7 Å². The molecule has 0 aliphatic carbocycles. The highest BCUT2D eigenvalue weighted by Crippen LogP contribution is 2.26. The van der Waals surface area contributed by atoms with Crippen LogP contribution in [0.3, 0.4) is 0 Å². The van der Waals surface area contributed by atoms with E-state index in [4.69, 9.17) is 20.8 Å². The zero-order chi connectivity index (χ0) is 30.2. The van der Waals surface area contributed by atoms with Gasteiger partial charge < -0.3 is 19.4 Å². The smallest absolute Gasteiger partial charge is 0.333 e. The molecule has 3 heterocycles. The predicted molar refractivity (Wildman–Crippen MR) is 167 cm³/mol. The molecule has 0 radical (unpaired) electrons. The average Bonchev–Trinajstić information content (AvgIpc) is 3.58. The third kappa shape index (κ3) is 5.72. The number of furan rings is 1. The zero-order valence-corrected chi connectivity index (χ0v) is 25.8. The summed E-state index contributed by atoms with van der Waals surface area (Å²) in [5.74, 6) is -0.0150. The maximum atomic E-state index is 13.9. The first-order valence-electron chi connectivity index (χ1n) is 13.8. The Hall–Kier alpha value is -4.28.